The fourth-order valence-corrected chi connectivity index (χ4v) is 3.02. The molecule has 0 amide bonds. The Kier molecular flexibility index (Phi) is 4.83. The summed E-state index contributed by atoms with van der Waals surface area (Å²) in [5.41, 5.74) is 1.27. The molecule has 1 aromatic carbocycles. The van der Waals surface area contributed by atoms with Crippen molar-refractivity contribution < 1.29 is 5.11 Å². The van der Waals surface area contributed by atoms with Crippen LogP contribution in [-0.2, 0) is 0 Å². The highest BCUT2D eigenvalue weighted by molar-refractivity contribution is 5.28. The second-order valence-electron chi connectivity index (χ2n) is 5.85. The molecule has 0 bridgehead atoms. The van der Waals surface area contributed by atoms with Gasteiger partial charge in [0, 0.05) is 18.6 Å². The molecule has 19 heavy (non-hydrogen) atoms. The van der Waals surface area contributed by atoms with E-state index in [1.807, 2.05) is 12.1 Å². The first-order chi connectivity index (χ1) is 9.10. The summed E-state index contributed by atoms with van der Waals surface area (Å²) in [4.78, 5) is 2.41. The van der Waals surface area contributed by atoms with Crippen molar-refractivity contribution in [3.8, 4) is 5.75 Å². The standard InChI is InChI=1S/C16H26N2O/c1-4-15(13-5-7-14(19)8-6-13)17-16-9-10-18(3)11-12(16)2/h5-8,12,15-17,19H,4,9-11H2,1-3H3. The maximum absolute atomic E-state index is 9.38. The van der Waals surface area contributed by atoms with Crippen molar-refractivity contribution in [3.63, 3.8) is 0 Å². The number of aromatic hydroxyl groups is 1. The first kappa shape index (κ1) is 14.4. The molecule has 1 aliphatic rings. The summed E-state index contributed by atoms with van der Waals surface area (Å²) in [6, 6.07) is 8.58. The molecule has 1 aliphatic heterocycles. The van der Waals surface area contributed by atoms with E-state index in [1.165, 1.54) is 25.1 Å². The third-order valence-electron chi connectivity index (χ3n) is 4.23. The van der Waals surface area contributed by atoms with E-state index in [2.05, 4.69) is 31.1 Å². The molecule has 3 unspecified atom stereocenters. The zero-order valence-electron chi connectivity index (χ0n) is 12.3. The molecule has 0 aliphatic carbocycles. The van der Waals surface area contributed by atoms with Crippen LogP contribution in [0, 0.1) is 5.92 Å². The minimum atomic E-state index is 0.339. The summed E-state index contributed by atoms with van der Waals surface area (Å²) in [5, 5.41) is 13.2. The average molecular weight is 262 g/mol. The van der Waals surface area contributed by atoms with Gasteiger partial charge in [0.05, 0.1) is 0 Å². The number of hydrogen-bond acceptors (Lipinski definition) is 3. The number of hydrogen-bond donors (Lipinski definition) is 2. The van der Waals surface area contributed by atoms with E-state index in [0.29, 0.717) is 23.8 Å². The largest absolute Gasteiger partial charge is 0.508 e. The van der Waals surface area contributed by atoms with Crippen LogP contribution < -0.4 is 5.32 Å². The zero-order valence-corrected chi connectivity index (χ0v) is 12.3. The second-order valence-corrected chi connectivity index (χ2v) is 5.85. The van der Waals surface area contributed by atoms with E-state index in [-0.39, 0.29) is 0 Å². The van der Waals surface area contributed by atoms with Crippen LogP contribution in [0.5, 0.6) is 5.75 Å². The predicted octanol–water partition coefficient (Wildman–Crippen LogP) is 2.77. The van der Waals surface area contributed by atoms with Gasteiger partial charge in [0.1, 0.15) is 5.75 Å². The normalized spacial score (nSPS) is 26.3. The lowest BCUT2D eigenvalue weighted by Gasteiger charge is -2.37. The third kappa shape index (κ3) is 3.71. The topological polar surface area (TPSA) is 35.5 Å². The molecule has 2 N–H and O–H groups in total. The monoisotopic (exact) mass is 262 g/mol. The lowest BCUT2D eigenvalue weighted by Crippen LogP contribution is -2.47. The molecule has 3 atom stereocenters. The highest BCUT2D eigenvalue weighted by atomic mass is 16.3. The lowest BCUT2D eigenvalue weighted by molar-refractivity contribution is 0.165. The van der Waals surface area contributed by atoms with Crippen molar-refractivity contribution >= 4 is 0 Å². The number of benzene rings is 1. The van der Waals surface area contributed by atoms with Gasteiger partial charge in [-0.1, -0.05) is 26.0 Å². The molecule has 106 valence electrons. The Hall–Kier alpha value is -1.06. The molecule has 3 heteroatoms. The van der Waals surface area contributed by atoms with E-state index in [9.17, 15) is 5.11 Å². The van der Waals surface area contributed by atoms with Crippen LogP contribution in [0.15, 0.2) is 24.3 Å². The molecular formula is C16H26N2O. The number of nitrogens with zero attached hydrogens (tertiary/aromatic N) is 1. The van der Waals surface area contributed by atoms with Gasteiger partial charge in [0.15, 0.2) is 0 Å². The molecule has 2 rings (SSSR count). The zero-order chi connectivity index (χ0) is 13.8. The van der Waals surface area contributed by atoms with Crippen molar-refractivity contribution in [1.82, 2.24) is 10.2 Å². The summed E-state index contributed by atoms with van der Waals surface area (Å²) >= 11 is 0. The van der Waals surface area contributed by atoms with Gasteiger partial charge in [-0.05, 0) is 50.0 Å². The fourth-order valence-electron chi connectivity index (χ4n) is 3.02. The van der Waals surface area contributed by atoms with E-state index in [0.717, 1.165) is 6.42 Å². The first-order valence-electron chi connectivity index (χ1n) is 7.33. The van der Waals surface area contributed by atoms with Gasteiger partial charge < -0.3 is 15.3 Å². The third-order valence-corrected chi connectivity index (χ3v) is 4.23. The van der Waals surface area contributed by atoms with Crippen LogP contribution in [0.4, 0.5) is 0 Å². The Bertz CT molecular complexity index is 390. The molecule has 1 fully saturated rings. The summed E-state index contributed by atoms with van der Waals surface area (Å²) < 4.78 is 0. The van der Waals surface area contributed by atoms with Crippen LogP contribution in [0.25, 0.3) is 0 Å². The van der Waals surface area contributed by atoms with Gasteiger partial charge in [-0.3, -0.25) is 0 Å². The maximum atomic E-state index is 9.38. The van der Waals surface area contributed by atoms with Gasteiger partial charge in [-0.2, -0.15) is 0 Å². The summed E-state index contributed by atoms with van der Waals surface area (Å²) in [6.07, 6.45) is 2.29. The second kappa shape index (κ2) is 6.40. The summed E-state index contributed by atoms with van der Waals surface area (Å²) in [5.74, 6) is 1.02. The lowest BCUT2D eigenvalue weighted by atomic mass is 9.92. The number of likely N-dealkylation sites (tertiary alicyclic amines) is 1. The van der Waals surface area contributed by atoms with Crippen LogP contribution >= 0.6 is 0 Å². The molecule has 1 heterocycles. The number of nitrogens with one attached hydrogen (secondary N) is 1. The Morgan fingerprint density at radius 2 is 2.05 bits per heavy atom. The number of rotatable bonds is 4. The Morgan fingerprint density at radius 3 is 2.63 bits per heavy atom. The maximum Gasteiger partial charge on any atom is 0.115 e. The summed E-state index contributed by atoms with van der Waals surface area (Å²) in [6.45, 7) is 6.89. The molecule has 1 saturated heterocycles. The summed E-state index contributed by atoms with van der Waals surface area (Å²) in [7, 11) is 2.20. The molecule has 0 spiro atoms. The van der Waals surface area contributed by atoms with Gasteiger partial charge in [-0.15, -0.1) is 0 Å². The smallest absolute Gasteiger partial charge is 0.115 e. The van der Waals surface area contributed by atoms with Crippen molar-refractivity contribution in [2.45, 2.75) is 38.8 Å². The predicted molar refractivity (Wildman–Crippen MR) is 79.3 cm³/mol. The van der Waals surface area contributed by atoms with Crippen LogP contribution in [-0.4, -0.2) is 36.2 Å². The molecule has 1 aromatic rings. The Morgan fingerprint density at radius 1 is 1.37 bits per heavy atom. The van der Waals surface area contributed by atoms with Gasteiger partial charge in [0.2, 0.25) is 0 Å². The first-order valence-corrected chi connectivity index (χ1v) is 7.33. The van der Waals surface area contributed by atoms with E-state index < -0.39 is 0 Å². The number of phenols is 1. The van der Waals surface area contributed by atoms with Crippen LogP contribution in [0.3, 0.4) is 0 Å². The van der Waals surface area contributed by atoms with Gasteiger partial charge in [-0.25, -0.2) is 0 Å². The Balaban J connectivity index is 2.01. The van der Waals surface area contributed by atoms with Crippen molar-refractivity contribution in [3.05, 3.63) is 29.8 Å². The van der Waals surface area contributed by atoms with Crippen molar-refractivity contribution in [1.29, 1.82) is 0 Å². The highest BCUT2D eigenvalue weighted by Crippen LogP contribution is 2.24. The van der Waals surface area contributed by atoms with Crippen LogP contribution in [0.1, 0.15) is 38.3 Å². The van der Waals surface area contributed by atoms with Crippen LogP contribution in [0.2, 0.25) is 0 Å². The number of piperidine rings is 1. The van der Waals surface area contributed by atoms with E-state index in [4.69, 9.17) is 0 Å². The molecule has 0 radical (unpaired) electrons. The highest BCUT2D eigenvalue weighted by Gasteiger charge is 2.26. The Labute approximate surface area is 116 Å². The van der Waals surface area contributed by atoms with E-state index in [1.54, 1.807) is 12.1 Å². The van der Waals surface area contributed by atoms with Gasteiger partial charge in [0.25, 0.3) is 0 Å². The van der Waals surface area contributed by atoms with Gasteiger partial charge >= 0.3 is 0 Å². The van der Waals surface area contributed by atoms with Crippen molar-refractivity contribution in [2.75, 3.05) is 20.1 Å². The van der Waals surface area contributed by atoms with E-state index >= 15 is 0 Å². The fraction of sp³-hybridized carbons (Fsp3) is 0.625. The minimum Gasteiger partial charge on any atom is -0.508 e. The quantitative estimate of drug-likeness (QED) is 0.876. The average Bonchev–Trinajstić information content (AvgIpc) is 2.39. The molecule has 3 nitrogen and oxygen atoms in total. The molecular weight excluding hydrogens is 236 g/mol. The minimum absolute atomic E-state index is 0.339. The molecule has 0 aromatic heterocycles. The number of phenolic OH excluding ortho intramolecular Hbond substituents is 1. The SMILES string of the molecule is CCC(NC1CCN(C)CC1C)c1ccc(O)cc1. The van der Waals surface area contributed by atoms with Crippen molar-refractivity contribution in [2.24, 2.45) is 5.92 Å². The molecule has 0 saturated carbocycles.